The predicted octanol–water partition coefficient (Wildman–Crippen LogP) is 2.46. The second-order valence-corrected chi connectivity index (χ2v) is 7.61. The molecule has 10 heteroatoms. The lowest BCUT2D eigenvalue weighted by Crippen LogP contribution is -2.37. The van der Waals surface area contributed by atoms with Gasteiger partial charge in [0.25, 0.3) is 0 Å². The van der Waals surface area contributed by atoms with Crippen molar-refractivity contribution in [1.82, 2.24) is 40.4 Å². The molecule has 4 aromatic rings. The number of tetrazole rings is 1. The van der Waals surface area contributed by atoms with E-state index in [9.17, 15) is 0 Å². The largest absolute Gasteiger partial charge is 0.326 e. The Balaban J connectivity index is 1.63. The zero-order valence-corrected chi connectivity index (χ0v) is 16.9. The summed E-state index contributed by atoms with van der Waals surface area (Å²) in [7, 11) is 0. The summed E-state index contributed by atoms with van der Waals surface area (Å²) in [4.78, 5) is 6.31. The molecule has 3 aromatic heterocycles. The molecule has 9 nitrogen and oxygen atoms in total. The molecule has 1 N–H and O–H groups in total. The van der Waals surface area contributed by atoms with Crippen LogP contribution >= 0.6 is 22.6 Å². The second kappa shape index (κ2) is 7.26. The number of hydrogen-bond donors (Lipinski definition) is 1. The first-order chi connectivity index (χ1) is 13.8. The number of aromatic nitrogens is 8. The van der Waals surface area contributed by atoms with E-state index in [2.05, 4.69) is 80.0 Å². The van der Waals surface area contributed by atoms with Gasteiger partial charge in [0.1, 0.15) is 6.04 Å². The molecular formula is C18H16IN9. The van der Waals surface area contributed by atoms with Gasteiger partial charge in [-0.15, -0.1) is 20.4 Å². The minimum Gasteiger partial charge on any atom is -0.326 e. The van der Waals surface area contributed by atoms with Crippen LogP contribution in [-0.2, 0) is 6.54 Å². The number of fused-ring (bicyclic) bond motifs is 1. The first-order valence-electron chi connectivity index (χ1n) is 8.91. The topological polar surface area (TPSA) is 101 Å². The van der Waals surface area contributed by atoms with Crippen LogP contribution in [0, 0.1) is 3.57 Å². The van der Waals surface area contributed by atoms with Crippen LogP contribution in [0.3, 0.4) is 0 Å². The van der Waals surface area contributed by atoms with Gasteiger partial charge in [-0.2, -0.15) is 5.21 Å². The third kappa shape index (κ3) is 2.93. The maximum Gasteiger partial charge on any atom is 0.228 e. The number of benzene rings is 1. The summed E-state index contributed by atoms with van der Waals surface area (Å²) in [5, 5.41) is 24.0. The molecule has 4 heterocycles. The molecule has 0 bridgehead atoms. The lowest BCUT2D eigenvalue weighted by atomic mass is 10.0. The van der Waals surface area contributed by atoms with Crippen LogP contribution in [0.2, 0.25) is 0 Å². The van der Waals surface area contributed by atoms with E-state index in [4.69, 9.17) is 0 Å². The van der Waals surface area contributed by atoms with Gasteiger partial charge in [0.05, 0.1) is 0 Å². The monoisotopic (exact) mass is 485 g/mol. The van der Waals surface area contributed by atoms with Crippen molar-refractivity contribution in [3.8, 4) is 11.4 Å². The van der Waals surface area contributed by atoms with E-state index in [1.807, 2.05) is 24.3 Å². The molecule has 5 rings (SSSR count). The van der Waals surface area contributed by atoms with Crippen molar-refractivity contribution in [1.29, 1.82) is 0 Å². The van der Waals surface area contributed by atoms with Crippen LogP contribution < -0.4 is 4.90 Å². The normalized spacial score (nSPS) is 14.7. The molecule has 0 radical (unpaired) electrons. The number of pyridine rings is 1. The summed E-state index contributed by atoms with van der Waals surface area (Å²) in [6.07, 6.45) is 4.51. The van der Waals surface area contributed by atoms with Crippen LogP contribution in [-0.4, -0.2) is 46.9 Å². The Morgan fingerprint density at radius 2 is 1.86 bits per heavy atom. The molecule has 1 unspecified atom stereocenters. The molecular weight excluding hydrogens is 469 g/mol. The number of rotatable bonds is 4. The smallest absolute Gasteiger partial charge is 0.228 e. The quantitative estimate of drug-likeness (QED) is 0.444. The minimum absolute atomic E-state index is 0.194. The van der Waals surface area contributed by atoms with Crippen molar-refractivity contribution in [3.63, 3.8) is 0 Å². The van der Waals surface area contributed by atoms with E-state index in [1.165, 1.54) is 0 Å². The first-order valence-corrected chi connectivity index (χ1v) is 9.99. The van der Waals surface area contributed by atoms with E-state index in [1.54, 1.807) is 12.4 Å². The summed E-state index contributed by atoms with van der Waals surface area (Å²) in [5.74, 6) is 2.27. The van der Waals surface area contributed by atoms with Crippen LogP contribution in [0.4, 0.5) is 5.95 Å². The van der Waals surface area contributed by atoms with Gasteiger partial charge < -0.3 is 4.90 Å². The molecule has 1 atom stereocenters. The van der Waals surface area contributed by atoms with Crippen molar-refractivity contribution in [2.45, 2.75) is 19.0 Å². The Labute approximate surface area is 174 Å². The van der Waals surface area contributed by atoms with E-state index < -0.39 is 0 Å². The van der Waals surface area contributed by atoms with E-state index in [0.717, 1.165) is 46.0 Å². The highest BCUT2D eigenvalue weighted by molar-refractivity contribution is 14.1. The molecule has 0 aliphatic carbocycles. The number of nitrogens with one attached hydrogen (secondary N) is 1. The SMILES string of the molecule is Ic1ccccc1C(c1nn[nH]n1)N1CCCn2c(-c3ccncc3)nnc21. The molecule has 0 saturated carbocycles. The number of halogens is 1. The van der Waals surface area contributed by atoms with Crippen LogP contribution in [0.25, 0.3) is 11.4 Å². The van der Waals surface area contributed by atoms with E-state index in [0.29, 0.717) is 5.82 Å². The number of H-pyrrole nitrogens is 1. The molecule has 0 fully saturated rings. The Morgan fingerprint density at radius 3 is 2.64 bits per heavy atom. The van der Waals surface area contributed by atoms with E-state index >= 15 is 0 Å². The summed E-state index contributed by atoms with van der Waals surface area (Å²) < 4.78 is 3.29. The fourth-order valence-corrected chi connectivity index (χ4v) is 4.28. The minimum atomic E-state index is -0.194. The highest BCUT2D eigenvalue weighted by atomic mass is 127. The van der Waals surface area contributed by atoms with Crippen LogP contribution in [0.5, 0.6) is 0 Å². The molecule has 1 aliphatic heterocycles. The predicted molar refractivity (Wildman–Crippen MR) is 110 cm³/mol. The van der Waals surface area contributed by atoms with Crippen molar-refractivity contribution in [2.24, 2.45) is 0 Å². The molecule has 140 valence electrons. The number of anilines is 1. The van der Waals surface area contributed by atoms with Crippen molar-refractivity contribution >= 4 is 28.5 Å². The Kier molecular flexibility index (Phi) is 4.47. The Hall–Kier alpha value is -2.89. The molecule has 0 amide bonds. The summed E-state index contributed by atoms with van der Waals surface area (Å²) >= 11 is 2.35. The number of aromatic amines is 1. The highest BCUT2D eigenvalue weighted by Gasteiger charge is 2.33. The second-order valence-electron chi connectivity index (χ2n) is 6.45. The fourth-order valence-electron chi connectivity index (χ4n) is 3.60. The molecule has 1 aliphatic rings. The molecule has 28 heavy (non-hydrogen) atoms. The summed E-state index contributed by atoms with van der Waals surface area (Å²) in [6.45, 7) is 1.69. The summed E-state index contributed by atoms with van der Waals surface area (Å²) in [6, 6.07) is 11.9. The zero-order chi connectivity index (χ0) is 18.9. The average Bonchev–Trinajstić information content (AvgIpc) is 3.41. The molecule has 0 saturated heterocycles. The Bertz CT molecular complexity index is 1080. The van der Waals surface area contributed by atoms with Crippen molar-refractivity contribution in [2.75, 3.05) is 11.4 Å². The standard InChI is InChI=1S/C18H16IN9/c19-14-5-2-1-4-13(14)15(16-21-25-26-22-16)27-10-3-11-28-17(23-24-18(27)28)12-6-8-20-9-7-12/h1-2,4-9,15H,3,10-11H2,(H,21,22,25,26). The number of hydrogen-bond acceptors (Lipinski definition) is 7. The third-order valence-electron chi connectivity index (χ3n) is 4.83. The molecule has 1 aromatic carbocycles. The third-order valence-corrected chi connectivity index (χ3v) is 5.81. The lowest BCUT2D eigenvalue weighted by molar-refractivity contribution is 0.522. The summed E-state index contributed by atoms with van der Waals surface area (Å²) in [5.41, 5.74) is 2.12. The van der Waals surface area contributed by atoms with Gasteiger partial charge in [0.2, 0.25) is 11.8 Å². The fraction of sp³-hybridized carbons (Fsp3) is 0.222. The maximum absolute atomic E-state index is 4.53. The maximum atomic E-state index is 4.53. The first kappa shape index (κ1) is 17.2. The average molecular weight is 485 g/mol. The Morgan fingerprint density at radius 1 is 1.00 bits per heavy atom. The van der Waals surface area contributed by atoms with Gasteiger partial charge in [-0.25, -0.2) is 0 Å². The van der Waals surface area contributed by atoms with Gasteiger partial charge >= 0.3 is 0 Å². The van der Waals surface area contributed by atoms with Crippen molar-refractivity contribution < 1.29 is 0 Å². The van der Waals surface area contributed by atoms with Crippen molar-refractivity contribution in [3.05, 3.63) is 63.7 Å². The van der Waals surface area contributed by atoms with E-state index in [-0.39, 0.29) is 6.04 Å². The number of nitrogens with zero attached hydrogens (tertiary/aromatic N) is 8. The van der Waals surface area contributed by atoms with Gasteiger partial charge in [-0.05, 0) is 52.8 Å². The zero-order valence-electron chi connectivity index (χ0n) is 14.8. The van der Waals surface area contributed by atoms with Gasteiger partial charge in [0, 0.05) is 34.6 Å². The van der Waals surface area contributed by atoms with Gasteiger partial charge in [-0.3, -0.25) is 9.55 Å². The van der Waals surface area contributed by atoms with Crippen LogP contribution in [0.15, 0.2) is 48.8 Å². The van der Waals surface area contributed by atoms with Crippen LogP contribution in [0.1, 0.15) is 23.9 Å². The highest BCUT2D eigenvalue weighted by Crippen LogP contribution is 2.36. The van der Waals surface area contributed by atoms with Gasteiger partial charge in [-0.1, -0.05) is 23.4 Å². The molecule has 0 spiro atoms. The lowest BCUT2D eigenvalue weighted by Gasteiger charge is -2.34. The van der Waals surface area contributed by atoms with Gasteiger partial charge in [0.15, 0.2) is 5.82 Å².